The van der Waals surface area contributed by atoms with E-state index in [0.717, 1.165) is 15.4 Å². The van der Waals surface area contributed by atoms with Crippen LogP contribution in [0, 0.1) is 19.7 Å². The molecule has 1 N–H and O–H groups in total. The molecule has 0 fully saturated rings. The summed E-state index contributed by atoms with van der Waals surface area (Å²) in [7, 11) is -3.93. The number of aryl methyl sites for hydroxylation is 2. The average molecular weight is 487 g/mol. The van der Waals surface area contributed by atoms with E-state index in [0.29, 0.717) is 29.3 Å². The van der Waals surface area contributed by atoms with E-state index in [1.807, 2.05) is 19.9 Å². The highest BCUT2D eigenvalue weighted by Gasteiger charge is 2.27. The Hall–Kier alpha value is -2.84. The number of halogens is 1. The van der Waals surface area contributed by atoms with Crippen molar-refractivity contribution in [3.63, 3.8) is 0 Å². The topological polar surface area (TPSA) is 66.5 Å². The van der Waals surface area contributed by atoms with Gasteiger partial charge in [-0.3, -0.25) is 9.10 Å². The second-order valence-electron chi connectivity index (χ2n) is 7.66. The Kier molecular flexibility index (Phi) is 8.52. The summed E-state index contributed by atoms with van der Waals surface area (Å²) in [6, 6.07) is 20.2. The molecule has 174 valence electrons. The molecule has 5 nitrogen and oxygen atoms in total. The summed E-state index contributed by atoms with van der Waals surface area (Å²) in [4.78, 5) is 12.8. The van der Waals surface area contributed by atoms with Crippen molar-refractivity contribution in [3.8, 4) is 0 Å². The number of sulfonamides is 1. The number of carbonyl (C=O) groups excluding carboxylic acids is 1. The van der Waals surface area contributed by atoms with E-state index in [4.69, 9.17) is 0 Å². The van der Waals surface area contributed by atoms with Crippen LogP contribution in [0.5, 0.6) is 0 Å². The van der Waals surface area contributed by atoms with Crippen LogP contribution in [0.15, 0.2) is 77.7 Å². The lowest BCUT2D eigenvalue weighted by molar-refractivity contribution is -0.119. The fraction of sp³-hybridized carbons (Fsp3) is 0.240. The molecule has 0 atom stereocenters. The number of hydrogen-bond acceptors (Lipinski definition) is 4. The predicted octanol–water partition coefficient (Wildman–Crippen LogP) is 4.69. The van der Waals surface area contributed by atoms with Crippen molar-refractivity contribution in [1.82, 2.24) is 5.32 Å². The van der Waals surface area contributed by atoms with Gasteiger partial charge in [-0.25, -0.2) is 12.8 Å². The number of rotatable bonds is 10. The average Bonchev–Trinajstić information content (AvgIpc) is 2.78. The number of anilines is 1. The van der Waals surface area contributed by atoms with Crippen molar-refractivity contribution in [3.05, 3.63) is 95.3 Å². The number of amides is 1. The van der Waals surface area contributed by atoms with Crippen LogP contribution in [0.3, 0.4) is 0 Å². The van der Waals surface area contributed by atoms with Crippen molar-refractivity contribution in [2.45, 2.75) is 24.5 Å². The Morgan fingerprint density at radius 2 is 1.70 bits per heavy atom. The minimum Gasteiger partial charge on any atom is -0.354 e. The largest absolute Gasteiger partial charge is 0.354 e. The Bertz CT molecular complexity index is 1200. The highest BCUT2D eigenvalue weighted by atomic mass is 32.2. The van der Waals surface area contributed by atoms with Gasteiger partial charge in [-0.2, -0.15) is 11.8 Å². The molecule has 0 radical (unpaired) electrons. The van der Waals surface area contributed by atoms with E-state index in [1.165, 1.54) is 17.8 Å². The molecule has 0 unspecified atom stereocenters. The highest BCUT2D eigenvalue weighted by molar-refractivity contribution is 7.98. The normalized spacial score (nSPS) is 11.2. The molecule has 8 heteroatoms. The maximum absolute atomic E-state index is 13.7. The van der Waals surface area contributed by atoms with Gasteiger partial charge in [0.15, 0.2) is 0 Å². The minimum absolute atomic E-state index is 0.128. The van der Waals surface area contributed by atoms with Gasteiger partial charge in [-0.15, -0.1) is 0 Å². The Balaban J connectivity index is 1.65. The third kappa shape index (κ3) is 6.82. The SMILES string of the molecule is Cc1ccc(S(=O)(=O)N(CC(=O)NCCSCc2ccccc2F)c2cccc(C)c2)cc1. The summed E-state index contributed by atoms with van der Waals surface area (Å²) >= 11 is 1.50. The second-order valence-corrected chi connectivity index (χ2v) is 10.6. The van der Waals surface area contributed by atoms with Crippen LogP contribution in [-0.4, -0.2) is 33.2 Å². The zero-order valence-corrected chi connectivity index (χ0v) is 20.3. The van der Waals surface area contributed by atoms with Crippen molar-refractivity contribution < 1.29 is 17.6 Å². The standard InChI is InChI=1S/C25H27FN2O3S2/c1-19-10-12-23(13-11-19)33(30,31)28(22-8-5-6-20(2)16-22)17-25(29)27-14-15-32-18-21-7-3-4-9-24(21)26/h3-13,16H,14-15,17-18H2,1-2H3,(H,27,29). The summed E-state index contributed by atoms with van der Waals surface area (Å²) in [5.41, 5.74) is 2.88. The number of carbonyl (C=O) groups is 1. The first-order valence-electron chi connectivity index (χ1n) is 10.5. The molecule has 0 aromatic heterocycles. The highest BCUT2D eigenvalue weighted by Crippen LogP contribution is 2.24. The van der Waals surface area contributed by atoms with E-state index >= 15 is 0 Å². The molecule has 33 heavy (non-hydrogen) atoms. The van der Waals surface area contributed by atoms with Gasteiger partial charge in [-0.05, 0) is 55.3 Å². The number of nitrogens with zero attached hydrogens (tertiary/aromatic N) is 1. The fourth-order valence-electron chi connectivity index (χ4n) is 3.18. The van der Waals surface area contributed by atoms with Crippen LogP contribution in [0.25, 0.3) is 0 Å². The van der Waals surface area contributed by atoms with Gasteiger partial charge in [0.2, 0.25) is 5.91 Å². The molecule has 0 spiro atoms. The molecular formula is C25H27FN2O3S2. The molecule has 0 saturated carbocycles. The number of benzene rings is 3. The van der Waals surface area contributed by atoms with Gasteiger partial charge in [0.05, 0.1) is 10.6 Å². The first kappa shape index (κ1) is 24.8. The third-order valence-corrected chi connectivity index (χ3v) is 7.77. The first-order chi connectivity index (χ1) is 15.8. The van der Waals surface area contributed by atoms with Crippen LogP contribution < -0.4 is 9.62 Å². The lowest BCUT2D eigenvalue weighted by Gasteiger charge is -2.24. The molecule has 3 aromatic rings. The van der Waals surface area contributed by atoms with Gasteiger partial charge >= 0.3 is 0 Å². The van der Waals surface area contributed by atoms with Crippen LogP contribution in [0.1, 0.15) is 16.7 Å². The van der Waals surface area contributed by atoms with Gasteiger partial charge in [0.1, 0.15) is 12.4 Å². The summed E-state index contributed by atoms with van der Waals surface area (Å²) in [6.45, 7) is 3.77. The zero-order chi connectivity index (χ0) is 23.8. The Morgan fingerprint density at radius 3 is 2.39 bits per heavy atom. The van der Waals surface area contributed by atoms with E-state index in [9.17, 15) is 17.6 Å². The predicted molar refractivity (Wildman–Crippen MR) is 132 cm³/mol. The third-order valence-electron chi connectivity index (χ3n) is 4.97. The van der Waals surface area contributed by atoms with Crippen molar-refractivity contribution in [2.75, 3.05) is 23.1 Å². The quantitative estimate of drug-likeness (QED) is 0.423. The fourth-order valence-corrected chi connectivity index (χ4v) is 5.44. The second kappa shape index (κ2) is 11.3. The van der Waals surface area contributed by atoms with Crippen LogP contribution in [0.4, 0.5) is 10.1 Å². The lowest BCUT2D eigenvalue weighted by Crippen LogP contribution is -2.41. The van der Waals surface area contributed by atoms with Crippen molar-refractivity contribution in [1.29, 1.82) is 0 Å². The molecule has 0 saturated heterocycles. The van der Waals surface area contributed by atoms with E-state index < -0.39 is 15.9 Å². The van der Waals surface area contributed by atoms with E-state index in [1.54, 1.807) is 60.7 Å². The van der Waals surface area contributed by atoms with Crippen molar-refractivity contribution in [2.24, 2.45) is 0 Å². The molecular weight excluding hydrogens is 459 g/mol. The monoisotopic (exact) mass is 486 g/mol. The van der Waals surface area contributed by atoms with Gasteiger partial charge < -0.3 is 5.32 Å². The maximum Gasteiger partial charge on any atom is 0.264 e. The summed E-state index contributed by atoms with van der Waals surface area (Å²) in [5.74, 6) is 0.428. The van der Waals surface area contributed by atoms with Crippen LogP contribution in [-0.2, 0) is 20.6 Å². The molecule has 1 amide bonds. The summed E-state index contributed by atoms with van der Waals surface area (Å²) < 4.78 is 41.5. The molecule has 0 aliphatic carbocycles. The molecule has 0 aliphatic heterocycles. The Labute approximate surface area is 199 Å². The number of thioether (sulfide) groups is 1. The van der Waals surface area contributed by atoms with E-state index in [-0.39, 0.29) is 17.3 Å². The minimum atomic E-state index is -3.93. The molecule has 3 aromatic carbocycles. The van der Waals surface area contributed by atoms with Crippen LogP contribution in [0.2, 0.25) is 0 Å². The first-order valence-corrected chi connectivity index (χ1v) is 13.1. The van der Waals surface area contributed by atoms with Gasteiger partial charge in [-0.1, -0.05) is 48.0 Å². The number of hydrogen-bond donors (Lipinski definition) is 1. The van der Waals surface area contributed by atoms with Gasteiger partial charge in [0.25, 0.3) is 10.0 Å². The molecule has 0 bridgehead atoms. The maximum atomic E-state index is 13.7. The number of nitrogens with one attached hydrogen (secondary N) is 1. The zero-order valence-electron chi connectivity index (χ0n) is 18.6. The van der Waals surface area contributed by atoms with E-state index in [2.05, 4.69) is 5.32 Å². The molecule has 3 rings (SSSR count). The van der Waals surface area contributed by atoms with Crippen LogP contribution >= 0.6 is 11.8 Å². The Morgan fingerprint density at radius 1 is 0.970 bits per heavy atom. The van der Waals surface area contributed by atoms with Crippen molar-refractivity contribution >= 4 is 33.4 Å². The summed E-state index contributed by atoms with van der Waals surface area (Å²) in [5, 5.41) is 2.77. The lowest BCUT2D eigenvalue weighted by atomic mass is 10.2. The van der Waals surface area contributed by atoms with Gasteiger partial charge in [0, 0.05) is 18.1 Å². The smallest absolute Gasteiger partial charge is 0.264 e. The molecule has 0 aliphatic rings. The molecule has 0 heterocycles. The summed E-state index contributed by atoms with van der Waals surface area (Å²) in [6.07, 6.45) is 0.